The first-order chi connectivity index (χ1) is 29.0. The Hall–Kier alpha value is -7.06. The zero-order valence-electron chi connectivity index (χ0n) is 31.5. The molecule has 0 atom stereocenters. The van der Waals surface area contributed by atoms with E-state index in [1.807, 2.05) is 109 Å². The third kappa shape index (κ3) is 5.57. The molecule has 1 aliphatic rings. The number of sulfone groups is 1. The molecule has 8 aromatic carbocycles. The van der Waals surface area contributed by atoms with Crippen molar-refractivity contribution in [2.75, 3.05) is 0 Å². The predicted molar refractivity (Wildman–Crippen MR) is 238 cm³/mol. The van der Waals surface area contributed by atoms with E-state index in [0.29, 0.717) is 27.3 Å². The van der Waals surface area contributed by atoms with E-state index in [1.54, 1.807) is 23.5 Å². The van der Waals surface area contributed by atoms with Crippen molar-refractivity contribution in [1.82, 2.24) is 15.0 Å². The minimum absolute atomic E-state index is 0.311. The average Bonchev–Trinajstić information content (AvgIpc) is 3.68. The highest BCUT2D eigenvalue weighted by molar-refractivity contribution is 7.91. The fourth-order valence-corrected chi connectivity index (χ4v) is 11.7. The number of hydrogen-bond acceptors (Lipinski definition) is 6. The molecular weight excluding hydrogens is 763 g/mol. The van der Waals surface area contributed by atoms with Crippen LogP contribution in [-0.4, -0.2) is 23.4 Å². The van der Waals surface area contributed by atoms with Crippen molar-refractivity contribution in [2.45, 2.75) is 15.2 Å². The average molecular weight is 796 g/mol. The Bertz CT molecular complexity index is 3310. The van der Waals surface area contributed by atoms with Crippen molar-refractivity contribution in [3.05, 3.63) is 222 Å². The Kier molecular flexibility index (Phi) is 8.22. The molecular formula is C52H33N3O2S2. The van der Waals surface area contributed by atoms with Gasteiger partial charge < -0.3 is 0 Å². The summed E-state index contributed by atoms with van der Waals surface area (Å²) in [5.74, 6) is 1.74. The van der Waals surface area contributed by atoms with Gasteiger partial charge in [-0.05, 0) is 75.8 Å². The SMILES string of the molecule is O=S1(=O)c2ccccc2C(c2ccccc2)(c2ccccc2-c2cccc(-c3nc(-c4ccccc4)nc(-c4ccc5sc6ccccc6c5c4)n3)c2)c2ccccc21. The molecule has 0 unspecified atom stereocenters. The molecule has 5 nitrogen and oxygen atoms in total. The van der Waals surface area contributed by atoms with Gasteiger partial charge in [0.25, 0.3) is 0 Å². The Balaban J connectivity index is 1.13. The normalized spacial score (nSPS) is 13.8. The van der Waals surface area contributed by atoms with Crippen LogP contribution in [0.5, 0.6) is 0 Å². The van der Waals surface area contributed by atoms with Gasteiger partial charge in [0.2, 0.25) is 9.84 Å². The molecule has 0 amide bonds. The molecule has 3 heterocycles. The topological polar surface area (TPSA) is 72.8 Å². The second-order valence-electron chi connectivity index (χ2n) is 14.7. The maximum Gasteiger partial charge on any atom is 0.207 e. The third-order valence-electron chi connectivity index (χ3n) is 11.4. The summed E-state index contributed by atoms with van der Waals surface area (Å²) in [6.07, 6.45) is 0. The lowest BCUT2D eigenvalue weighted by Gasteiger charge is -2.42. The van der Waals surface area contributed by atoms with E-state index in [-0.39, 0.29) is 0 Å². The van der Waals surface area contributed by atoms with Gasteiger partial charge in [0, 0.05) is 36.9 Å². The van der Waals surface area contributed by atoms with Gasteiger partial charge >= 0.3 is 0 Å². The Morgan fingerprint density at radius 2 is 0.898 bits per heavy atom. The van der Waals surface area contributed by atoms with E-state index in [9.17, 15) is 8.42 Å². The molecule has 0 saturated carbocycles. The summed E-state index contributed by atoms with van der Waals surface area (Å²) in [4.78, 5) is 15.9. The lowest BCUT2D eigenvalue weighted by atomic mass is 9.63. The minimum atomic E-state index is -3.80. The van der Waals surface area contributed by atoms with Gasteiger partial charge in [-0.25, -0.2) is 23.4 Å². The van der Waals surface area contributed by atoms with Crippen molar-refractivity contribution < 1.29 is 8.42 Å². The first-order valence-electron chi connectivity index (χ1n) is 19.4. The van der Waals surface area contributed by atoms with Gasteiger partial charge in [-0.1, -0.05) is 158 Å². The van der Waals surface area contributed by atoms with E-state index in [0.717, 1.165) is 50.1 Å². The van der Waals surface area contributed by atoms with Crippen molar-refractivity contribution in [1.29, 1.82) is 0 Å². The first kappa shape index (κ1) is 35.1. The molecule has 7 heteroatoms. The summed E-state index contributed by atoms with van der Waals surface area (Å²) >= 11 is 1.78. The second kappa shape index (κ2) is 13.8. The smallest absolute Gasteiger partial charge is 0.207 e. The van der Waals surface area contributed by atoms with E-state index < -0.39 is 15.3 Å². The number of fused-ring (bicyclic) bond motifs is 5. The molecule has 0 N–H and O–H groups in total. The first-order valence-corrected chi connectivity index (χ1v) is 21.7. The number of benzene rings is 8. The van der Waals surface area contributed by atoms with Crippen LogP contribution in [0, 0.1) is 0 Å². The van der Waals surface area contributed by atoms with E-state index >= 15 is 0 Å². The van der Waals surface area contributed by atoms with Crippen LogP contribution in [0.4, 0.5) is 0 Å². The van der Waals surface area contributed by atoms with Crippen molar-refractivity contribution in [3.8, 4) is 45.3 Å². The highest BCUT2D eigenvalue weighted by Gasteiger charge is 2.49. The Morgan fingerprint density at radius 3 is 1.61 bits per heavy atom. The maximum atomic E-state index is 14.4. The number of aromatic nitrogens is 3. The van der Waals surface area contributed by atoms with Crippen molar-refractivity contribution in [3.63, 3.8) is 0 Å². The van der Waals surface area contributed by atoms with E-state index in [2.05, 4.69) is 78.9 Å². The predicted octanol–water partition coefficient (Wildman–Crippen LogP) is 12.4. The number of rotatable bonds is 6. The minimum Gasteiger partial charge on any atom is -0.218 e. The summed E-state index contributed by atoms with van der Waals surface area (Å²) in [6, 6.07) is 66.8. The van der Waals surface area contributed by atoms with Gasteiger partial charge in [0.15, 0.2) is 17.5 Å². The van der Waals surface area contributed by atoms with Crippen LogP contribution in [0.3, 0.4) is 0 Å². The molecule has 0 aliphatic carbocycles. The molecule has 10 aromatic rings. The van der Waals surface area contributed by atoms with Gasteiger partial charge in [-0.15, -0.1) is 11.3 Å². The lowest BCUT2D eigenvalue weighted by Crippen LogP contribution is -2.38. The van der Waals surface area contributed by atoms with Gasteiger partial charge in [0.05, 0.1) is 15.2 Å². The monoisotopic (exact) mass is 795 g/mol. The van der Waals surface area contributed by atoms with Gasteiger partial charge in [0.1, 0.15) is 0 Å². The summed E-state index contributed by atoms with van der Waals surface area (Å²) in [5, 5.41) is 2.39. The molecule has 0 saturated heterocycles. The second-order valence-corrected chi connectivity index (χ2v) is 17.7. The third-order valence-corrected chi connectivity index (χ3v) is 14.5. The lowest BCUT2D eigenvalue weighted by molar-refractivity contribution is 0.579. The number of nitrogens with zero attached hydrogens (tertiary/aromatic N) is 3. The standard InChI is InChI=1S/C52H33N3O2S2/c56-59(57)47-28-13-10-25-43(47)52(38-20-5-2-6-21-38,44-26-11-14-29-48(44)59)42-24-9-7-22-39(42)35-18-15-19-36(32-35)50-53-49(34-16-3-1-4-17-34)54-51(55-50)37-30-31-46-41(33-37)40-23-8-12-27-45(40)58-46/h1-33H. The van der Waals surface area contributed by atoms with Crippen molar-refractivity contribution >= 4 is 41.3 Å². The molecule has 0 radical (unpaired) electrons. The highest BCUT2D eigenvalue weighted by Crippen LogP contribution is 2.55. The van der Waals surface area contributed by atoms with Crippen LogP contribution < -0.4 is 0 Å². The quantitative estimate of drug-likeness (QED) is 0.168. The fourth-order valence-electron chi connectivity index (χ4n) is 8.83. The van der Waals surface area contributed by atoms with Gasteiger partial charge in [-0.3, -0.25) is 0 Å². The largest absolute Gasteiger partial charge is 0.218 e. The van der Waals surface area contributed by atoms with Crippen LogP contribution in [-0.2, 0) is 15.3 Å². The maximum absolute atomic E-state index is 14.4. The zero-order chi connectivity index (χ0) is 39.6. The van der Waals surface area contributed by atoms with Crippen LogP contribution in [0.2, 0.25) is 0 Å². The van der Waals surface area contributed by atoms with E-state index in [4.69, 9.17) is 15.0 Å². The van der Waals surface area contributed by atoms with E-state index in [1.165, 1.54) is 20.2 Å². The molecule has 1 aliphatic heterocycles. The molecule has 280 valence electrons. The van der Waals surface area contributed by atoms with Crippen LogP contribution in [0.25, 0.3) is 65.5 Å². The summed E-state index contributed by atoms with van der Waals surface area (Å²) < 4.78 is 31.2. The Morgan fingerprint density at radius 1 is 0.390 bits per heavy atom. The summed E-state index contributed by atoms with van der Waals surface area (Å²) in [6.45, 7) is 0. The summed E-state index contributed by atoms with van der Waals surface area (Å²) in [7, 11) is -3.80. The molecule has 0 spiro atoms. The molecule has 59 heavy (non-hydrogen) atoms. The highest BCUT2D eigenvalue weighted by atomic mass is 32.2. The van der Waals surface area contributed by atoms with Crippen LogP contribution in [0.15, 0.2) is 210 Å². The molecule has 0 bridgehead atoms. The number of thiophene rings is 1. The van der Waals surface area contributed by atoms with Gasteiger partial charge in [-0.2, -0.15) is 0 Å². The van der Waals surface area contributed by atoms with Crippen LogP contribution in [0.1, 0.15) is 22.3 Å². The summed E-state index contributed by atoms with van der Waals surface area (Å²) in [5.41, 5.74) is 6.99. The number of hydrogen-bond donors (Lipinski definition) is 0. The molecule has 0 fully saturated rings. The molecule has 11 rings (SSSR count). The fraction of sp³-hybridized carbons (Fsp3) is 0.0192. The van der Waals surface area contributed by atoms with Crippen molar-refractivity contribution in [2.24, 2.45) is 0 Å². The van der Waals surface area contributed by atoms with Crippen LogP contribution >= 0.6 is 11.3 Å². The molecule has 2 aromatic heterocycles. The zero-order valence-corrected chi connectivity index (χ0v) is 33.2. The Labute approximate surface area is 345 Å².